The fourth-order valence-corrected chi connectivity index (χ4v) is 3.84. The molecule has 0 spiro atoms. The lowest BCUT2D eigenvalue weighted by Gasteiger charge is -2.07. The first-order chi connectivity index (χ1) is 12.5. The molecular weight excluding hydrogens is 352 g/mol. The molecule has 0 aliphatic carbocycles. The van der Waals surface area contributed by atoms with Gasteiger partial charge < -0.3 is 18.8 Å². The number of rotatable bonds is 4. The van der Waals surface area contributed by atoms with Crippen molar-refractivity contribution in [2.24, 2.45) is 12.0 Å². The van der Waals surface area contributed by atoms with E-state index in [1.54, 1.807) is 32.4 Å². The molecule has 1 amide bonds. The molecule has 26 heavy (non-hydrogen) atoms. The number of amides is 1. The van der Waals surface area contributed by atoms with Crippen LogP contribution >= 0.6 is 11.3 Å². The van der Waals surface area contributed by atoms with Crippen molar-refractivity contribution in [3.05, 3.63) is 46.3 Å². The summed E-state index contributed by atoms with van der Waals surface area (Å²) in [5.41, 5.74) is 2.41. The van der Waals surface area contributed by atoms with E-state index in [4.69, 9.17) is 14.2 Å². The maximum Gasteiger partial charge on any atom is 0.283 e. The van der Waals surface area contributed by atoms with Gasteiger partial charge in [0.15, 0.2) is 4.80 Å². The highest BCUT2D eigenvalue weighted by atomic mass is 32.1. The summed E-state index contributed by atoms with van der Waals surface area (Å²) in [6.07, 6.45) is 0. The number of fused-ring (bicyclic) bond motifs is 1. The summed E-state index contributed by atoms with van der Waals surface area (Å²) in [7, 11) is 6.58. The predicted molar refractivity (Wildman–Crippen MR) is 102 cm³/mol. The van der Waals surface area contributed by atoms with E-state index in [0.717, 1.165) is 21.5 Å². The van der Waals surface area contributed by atoms with E-state index in [2.05, 4.69) is 4.99 Å². The number of aromatic nitrogens is 1. The Bertz CT molecular complexity index is 1050. The number of hydrogen-bond acceptors (Lipinski definition) is 5. The van der Waals surface area contributed by atoms with Gasteiger partial charge in [0.05, 0.1) is 31.6 Å². The Morgan fingerprint density at radius 1 is 1.04 bits per heavy atom. The largest absolute Gasteiger partial charge is 0.497 e. The Kier molecular flexibility index (Phi) is 4.99. The molecule has 3 aromatic rings. The standard InChI is InChI=1S/C19H20N2O4S/c1-11-6-9-14(24-4)16-17(11)26-19(21(16)2)20-18(22)13-8-7-12(23-3)10-15(13)25-5/h6-10H,1-5H3. The summed E-state index contributed by atoms with van der Waals surface area (Å²) < 4.78 is 18.8. The fourth-order valence-electron chi connectivity index (χ4n) is 2.74. The predicted octanol–water partition coefficient (Wildman–Crippen LogP) is 3.32. The normalized spacial score (nSPS) is 11.7. The van der Waals surface area contributed by atoms with Gasteiger partial charge >= 0.3 is 0 Å². The average Bonchev–Trinajstić information content (AvgIpc) is 2.99. The first-order valence-corrected chi connectivity index (χ1v) is 8.76. The van der Waals surface area contributed by atoms with Crippen molar-refractivity contribution in [3.63, 3.8) is 0 Å². The molecule has 1 heterocycles. The van der Waals surface area contributed by atoms with Crippen LogP contribution in [0.3, 0.4) is 0 Å². The summed E-state index contributed by atoms with van der Waals surface area (Å²) in [6, 6.07) is 8.95. The lowest BCUT2D eigenvalue weighted by molar-refractivity contribution is 0.0995. The Hall–Kier alpha value is -2.80. The molecule has 0 saturated heterocycles. The van der Waals surface area contributed by atoms with Crippen molar-refractivity contribution in [1.82, 2.24) is 4.57 Å². The molecule has 0 fully saturated rings. The third kappa shape index (κ3) is 3.06. The molecule has 6 nitrogen and oxygen atoms in total. The maximum atomic E-state index is 12.7. The van der Waals surface area contributed by atoms with Crippen LogP contribution in [-0.4, -0.2) is 31.8 Å². The number of ether oxygens (including phenoxy) is 3. The van der Waals surface area contributed by atoms with E-state index in [0.29, 0.717) is 21.9 Å². The average molecular weight is 372 g/mol. The molecule has 136 valence electrons. The van der Waals surface area contributed by atoms with Gasteiger partial charge in [-0.3, -0.25) is 4.79 Å². The minimum absolute atomic E-state index is 0.372. The van der Waals surface area contributed by atoms with Gasteiger partial charge in [0.25, 0.3) is 5.91 Å². The summed E-state index contributed by atoms with van der Waals surface area (Å²) in [4.78, 5) is 17.6. The van der Waals surface area contributed by atoms with Crippen molar-refractivity contribution in [2.75, 3.05) is 21.3 Å². The van der Waals surface area contributed by atoms with Crippen LogP contribution in [0, 0.1) is 6.92 Å². The van der Waals surface area contributed by atoms with Crippen LogP contribution in [0.4, 0.5) is 0 Å². The smallest absolute Gasteiger partial charge is 0.283 e. The van der Waals surface area contributed by atoms with Gasteiger partial charge in [0.2, 0.25) is 0 Å². The number of aryl methyl sites for hydroxylation is 2. The van der Waals surface area contributed by atoms with Gasteiger partial charge in [0.1, 0.15) is 22.8 Å². The summed E-state index contributed by atoms with van der Waals surface area (Å²) >= 11 is 1.45. The number of carbonyl (C=O) groups is 1. The van der Waals surface area contributed by atoms with Crippen LogP contribution in [-0.2, 0) is 7.05 Å². The van der Waals surface area contributed by atoms with E-state index >= 15 is 0 Å². The molecule has 7 heteroatoms. The van der Waals surface area contributed by atoms with E-state index < -0.39 is 0 Å². The Balaban J connectivity index is 2.15. The molecule has 1 aromatic heterocycles. The zero-order valence-electron chi connectivity index (χ0n) is 15.3. The van der Waals surface area contributed by atoms with Gasteiger partial charge in [-0.1, -0.05) is 17.4 Å². The summed E-state index contributed by atoms with van der Waals surface area (Å²) in [5, 5.41) is 0. The number of methoxy groups -OCH3 is 3. The zero-order chi connectivity index (χ0) is 18.8. The zero-order valence-corrected chi connectivity index (χ0v) is 16.1. The van der Waals surface area contributed by atoms with Crippen LogP contribution in [0.2, 0.25) is 0 Å². The Morgan fingerprint density at radius 2 is 1.77 bits per heavy atom. The first-order valence-electron chi connectivity index (χ1n) is 7.94. The number of thiazole rings is 1. The van der Waals surface area contributed by atoms with Crippen LogP contribution in [0.15, 0.2) is 35.3 Å². The van der Waals surface area contributed by atoms with Crippen LogP contribution in [0.25, 0.3) is 10.2 Å². The van der Waals surface area contributed by atoms with Crippen LogP contribution in [0.5, 0.6) is 17.2 Å². The molecule has 0 aliphatic rings. The molecule has 0 N–H and O–H groups in total. The third-order valence-electron chi connectivity index (χ3n) is 4.16. The van der Waals surface area contributed by atoms with Gasteiger partial charge in [-0.2, -0.15) is 4.99 Å². The molecule has 0 radical (unpaired) electrons. The number of hydrogen-bond donors (Lipinski definition) is 0. The van der Waals surface area contributed by atoms with Crippen molar-refractivity contribution in [3.8, 4) is 17.2 Å². The van der Waals surface area contributed by atoms with Gasteiger partial charge in [-0.05, 0) is 30.7 Å². The third-order valence-corrected chi connectivity index (χ3v) is 5.43. The van der Waals surface area contributed by atoms with Crippen molar-refractivity contribution in [1.29, 1.82) is 0 Å². The fraction of sp³-hybridized carbons (Fsp3) is 0.263. The van der Waals surface area contributed by atoms with Gasteiger partial charge in [-0.25, -0.2) is 0 Å². The summed E-state index contributed by atoms with van der Waals surface area (Å²) in [6.45, 7) is 2.02. The summed E-state index contributed by atoms with van der Waals surface area (Å²) in [5.74, 6) is 1.42. The Morgan fingerprint density at radius 3 is 2.42 bits per heavy atom. The molecule has 2 aromatic carbocycles. The molecule has 0 unspecified atom stereocenters. The molecular formula is C19H20N2O4S. The van der Waals surface area contributed by atoms with Crippen LogP contribution < -0.4 is 19.0 Å². The van der Waals surface area contributed by atoms with E-state index in [1.165, 1.54) is 18.4 Å². The quantitative estimate of drug-likeness (QED) is 0.705. The van der Waals surface area contributed by atoms with Gasteiger partial charge in [0, 0.05) is 13.1 Å². The number of carbonyl (C=O) groups excluding carboxylic acids is 1. The first kappa shape index (κ1) is 18.0. The van der Waals surface area contributed by atoms with E-state index in [-0.39, 0.29) is 5.91 Å². The maximum absolute atomic E-state index is 12.7. The highest BCUT2D eigenvalue weighted by Gasteiger charge is 2.15. The second-order valence-corrected chi connectivity index (χ2v) is 6.67. The number of benzene rings is 2. The van der Waals surface area contributed by atoms with Crippen molar-refractivity contribution >= 4 is 27.5 Å². The second kappa shape index (κ2) is 7.21. The topological polar surface area (TPSA) is 62.0 Å². The Labute approximate surface area is 155 Å². The highest BCUT2D eigenvalue weighted by molar-refractivity contribution is 7.16. The van der Waals surface area contributed by atoms with E-state index in [1.807, 2.05) is 30.7 Å². The molecule has 0 saturated carbocycles. The van der Waals surface area contributed by atoms with Crippen molar-refractivity contribution < 1.29 is 19.0 Å². The lowest BCUT2D eigenvalue weighted by atomic mass is 10.2. The minimum Gasteiger partial charge on any atom is -0.497 e. The SMILES string of the molecule is COc1ccc(C(=O)N=c2sc3c(C)ccc(OC)c3n2C)c(OC)c1. The second-order valence-electron chi connectivity index (χ2n) is 5.69. The van der Waals surface area contributed by atoms with Crippen molar-refractivity contribution in [2.45, 2.75) is 6.92 Å². The van der Waals surface area contributed by atoms with E-state index in [9.17, 15) is 4.79 Å². The highest BCUT2D eigenvalue weighted by Crippen LogP contribution is 2.30. The number of nitrogens with zero attached hydrogens (tertiary/aromatic N) is 2. The molecule has 0 atom stereocenters. The molecule has 0 aliphatic heterocycles. The van der Waals surface area contributed by atoms with Gasteiger partial charge in [-0.15, -0.1) is 0 Å². The lowest BCUT2D eigenvalue weighted by Crippen LogP contribution is -2.14. The minimum atomic E-state index is -0.372. The molecule has 0 bridgehead atoms. The molecule has 3 rings (SSSR count). The monoisotopic (exact) mass is 372 g/mol. The van der Waals surface area contributed by atoms with Crippen LogP contribution in [0.1, 0.15) is 15.9 Å².